The Labute approximate surface area is 171 Å². The summed E-state index contributed by atoms with van der Waals surface area (Å²) in [4.78, 5) is 23.9. The number of piperidine rings is 1. The molecule has 0 saturated carbocycles. The first-order valence-corrected chi connectivity index (χ1v) is 10.3. The Morgan fingerprint density at radius 3 is 2.79 bits per heavy atom. The molecule has 0 spiro atoms. The van der Waals surface area contributed by atoms with Crippen LogP contribution in [0.4, 0.5) is 5.95 Å². The fraction of sp³-hybridized carbons (Fsp3) is 0.500. The number of fused-ring (bicyclic) bond motifs is 1. The average Bonchev–Trinajstić information content (AvgIpc) is 2.75. The summed E-state index contributed by atoms with van der Waals surface area (Å²) in [5.74, 6) is 1.42. The summed E-state index contributed by atoms with van der Waals surface area (Å²) in [5.41, 5.74) is 3.35. The molecule has 1 saturated heterocycles. The van der Waals surface area contributed by atoms with Gasteiger partial charge in [0.1, 0.15) is 5.75 Å². The van der Waals surface area contributed by atoms with E-state index in [2.05, 4.69) is 15.2 Å². The van der Waals surface area contributed by atoms with Gasteiger partial charge in [-0.25, -0.2) is 9.97 Å². The summed E-state index contributed by atoms with van der Waals surface area (Å²) in [6.07, 6.45) is 3.94. The minimum Gasteiger partial charge on any atom is -0.481 e. The number of carbonyl (C=O) groups excluding carboxylic acids is 1. The first-order valence-electron chi connectivity index (χ1n) is 10.3. The number of carbonyl (C=O) groups is 1. The van der Waals surface area contributed by atoms with Crippen molar-refractivity contribution in [3.63, 3.8) is 0 Å². The molecule has 2 aliphatic heterocycles. The first-order chi connectivity index (χ1) is 14.1. The van der Waals surface area contributed by atoms with E-state index in [1.54, 1.807) is 6.92 Å². The standard InChI is InChI=1S/C22H28N4O3/c1-15-3-5-19(6-4-15)29-16(2)21(27)24-18-7-10-26(11-8-18)22-23-13-17-14-28-12-9-20(17)25-22/h3-6,13,16,18H,7-12,14H2,1-2H3,(H,24,27). The number of ether oxygens (including phenoxy) is 2. The Morgan fingerprint density at radius 1 is 1.28 bits per heavy atom. The van der Waals surface area contributed by atoms with Crippen molar-refractivity contribution < 1.29 is 14.3 Å². The largest absolute Gasteiger partial charge is 0.481 e. The van der Waals surface area contributed by atoms with Crippen LogP contribution in [0.5, 0.6) is 5.75 Å². The number of hydrogen-bond acceptors (Lipinski definition) is 6. The van der Waals surface area contributed by atoms with Gasteiger partial charge in [0.2, 0.25) is 5.95 Å². The summed E-state index contributed by atoms with van der Waals surface area (Å²) in [6, 6.07) is 7.88. The maximum atomic E-state index is 12.5. The second-order valence-corrected chi connectivity index (χ2v) is 7.79. The Morgan fingerprint density at radius 2 is 2.03 bits per heavy atom. The van der Waals surface area contributed by atoms with Crippen molar-refractivity contribution in [3.8, 4) is 5.75 Å². The molecule has 1 amide bonds. The maximum Gasteiger partial charge on any atom is 0.260 e. The molecule has 7 nitrogen and oxygen atoms in total. The smallest absolute Gasteiger partial charge is 0.260 e. The summed E-state index contributed by atoms with van der Waals surface area (Å²) in [6.45, 7) is 6.79. The van der Waals surface area contributed by atoms with Crippen LogP contribution >= 0.6 is 0 Å². The predicted molar refractivity (Wildman–Crippen MR) is 110 cm³/mol. The molecule has 0 aliphatic carbocycles. The van der Waals surface area contributed by atoms with Crippen molar-refractivity contribution in [1.82, 2.24) is 15.3 Å². The van der Waals surface area contributed by atoms with E-state index in [1.807, 2.05) is 37.4 Å². The Kier molecular flexibility index (Phi) is 5.94. The van der Waals surface area contributed by atoms with Gasteiger partial charge in [0.15, 0.2) is 6.10 Å². The third-order valence-corrected chi connectivity index (χ3v) is 5.51. The summed E-state index contributed by atoms with van der Waals surface area (Å²) in [7, 11) is 0. The molecular formula is C22H28N4O3. The predicted octanol–water partition coefficient (Wildman–Crippen LogP) is 2.41. The molecule has 1 aromatic heterocycles. The van der Waals surface area contributed by atoms with E-state index >= 15 is 0 Å². The molecule has 7 heteroatoms. The van der Waals surface area contributed by atoms with Gasteiger partial charge < -0.3 is 19.7 Å². The highest BCUT2D eigenvalue weighted by Crippen LogP contribution is 2.20. The van der Waals surface area contributed by atoms with Crippen LogP contribution in [0.25, 0.3) is 0 Å². The number of nitrogens with zero attached hydrogens (tertiary/aromatic N) is 3. The van der Waals surface area contributed by atoms with Crippen molar-refractivity contribution in [2.75, 3.05) is 24.6 Å². The molecule has 1 aromatic carbocycles. The molecule has 0 bridgehead atoms. The van der Waals surface area contributed by atoms with Crippen LogP contribution in [0.2, 0.25) is 0 Å². The van der Waals surface area contributed by atoms with Gasteiger partial charge in [-0.05, 0) is 38.8 Å². The molecule has 0 radical (unpaired) electrons. The van der Waals surface area contributed by atoms with Crippen LogP contribution in [-0.2, 0) is 22.6 Å². The van der Waals surface area contributed by atoms with Gasteiger partial charge in [-0.1, -0.05) is 17.7 Å². The highest BCUT2D eigenvalue weighted by molar-refractivity contribution is 5.81. The molecule has 2 aromatic rings. The van der Waals surface area contributed by atoms with E-state index in [0.717, 1.165) is 61.7 Å². The molecule has 4 rings (SSSR count). The van der Waals surface area contributed by atoms with Crippen molar-refractivity contribution >= 4 is 11.9 Å². The molecule has 1 atom stereocenters. The number of hydrogen-bond donors (Lipinski definition) is 1. The lowest BCUT2D eigenvalue weighted by Gasteiger charge is -2.33. The van der Waals surface area contributed by atoms with Gasteiger partial charge in [0.25, 0.3) is 5.91 Å². The fourth-order valence-electron chi connectivity index (χ4n) is 3.69. The zero-order valence-corrected chi connectivity index (χ0v) is 17.1. The maximum absolute atomic E-state index is 12.5. The lowest BCUT2D eigenvalue weighted by atomic mass is 10.0. The number of aromatic nitrogens is 2. The molecular weight excluding hydrogens is 368 g/mol. The van der Waals surface area contributed by atoms with Gasteiger partial charge in [-0.15, -0.1) is 0 Å². The minimum absolute atomic E-state index is 0.0749. The molecule has 3 heterocycles. The third-order valence-electron chi connectivity index (χ3n) is 5.51. The van der Waals surface area contributed by atoms with Crippen molar-refractivity contribution in [2.24, 2.45) is 0 Å². The second-order valence-electron chi connectivity index (χ2n) is 7.79. The van der Waals surface area contributed by atoms with E-state index in [1.165, 1.54) is 0 Å². The second kappa shape index (κ2) is 8.78. The SMILES string of the molecule is Cc1ccc(OC(C)C(=O)NC2CCN(c3ncc4c(n3)CCOC4)CC2)cc1. The van der Waals surface area contributed by atoms with Crippen LogP contribution in [-0.4, -0.2) is 47.7 Å². The van der Waals surface area contributed by atoms with Crippen LogP contribution in [0.3, 0.4) is 0 Å². The Balaban J connectivity index is 1.27. The van der Waals surface area contributed by atoms with Crippen molar-refractivity contribution in [2.45, 2.75) is 51.9 Å². The van der Waals surface area contributed by atoms with E-state index in [-0.39, 0.29) is 11.9 Å². The average molecular weight is 396 g/mol. The summed E-state index contributed by atoms with van der Waals surface area (Å²) >= 11 is 0. The quantitative estimate of drug-likeness (QED) is 0.836. The van der Waals surface area contributed by atoms with Gasteiger partial charge in [0, 0.05) is 37.3 Å². The van der Waals surface area contributed by atoms with Crippen LogP contribution in [0, 0.1) is 6.92 Å². The molecule has 1 unspecified atom stereocenters. The van der Waals surface area contributed by atoms with Crippen LogP contribution in [0.15, 0.2) is 30.5 Å². The van der Waals surface area contributed by atoms with Gasteiger partial charge in [0.05, 0.1) is 18.9 Å². The van der Waals surface area contributed by atoms with E-state index < -0.39 is 6.10 Å². The molecule has 1 fully saturated rings. The van der Waals surface area contributed by atoms with E-state index in [0.29, 0.717) is 12.4 Å². The third kappa shape index (κ3) is 4.85. The Bertz CT molecular complexity index is 848. The number of amides is 1. The van der Waals surface area contributed by atoms with Gasteiger partial charge >= 0.3 is 0 Å². The first kappa shape index (κ1) is 19.6. The number of nitrogens with one attached hydrogen (secondary N) is 1. The van der Waals surface area contributed by atoms with Gasteiger partial charge in [-0.2, -0.15) is 0 Å². The highest BCUT2D eigenvalue weighted by atomic mass is 16.5. The lowest BCUT2D eigenvalue weighted by Crippen LogP contribution is -2.48. The lowest BCUT2D eigenvalue weighted by molar-refractivity contribution is -0.128. The molecule has 2 aliphatic rings. The fourth-order valence-corrected chi connectivity index (χ4v) is 3.69. The summed E-state index contributed by atoms with van der Waals surface area (Å²) < 4.78 is 11.2. The number of rotatable bonds is 5. The number of benzene rings is 1. The topological polar surface area (TPSA) is 76.6 Å². The van der Waals surface area contributed by atoms with Crippen molar-refractivity contribution in [3.05, 3.63) is 47.3 Å². The minimum atomic E-state index is -0.526. The monoisotopic (exact) mass is 396 g/mol. The summed E-state index contributed by atoms with van der Waals surface area (Å²) in [5, 5.41) is 3.12. The van der Waals surface area contributed by atoms with Crippen LogP contribution < -0.4 is 15.0 Å². The normalized spacial score (nSPS) is 18.1. The van der Waals surface area contributed by atoms with E-state index in [9.17, 15) is 4.79 Å². The molecule has 154 valence electrons. The van der Waals surface area contributed by atoms with Crippen LogP contribution in [0.1, 0.15) is 36.6 Å². The zero-order chi connectivity index (χ0) is 20.2. The molecule has 1 N–H and O–H groups in total. The van der Waals surface area contributed by atoms with Gasteiger partial charge in [-0.3, -0.25) is 4.79 Å². The Hall–Kier alpha value is -2.67. The molecule has 29 heavy (non-hydrogen) atoms. The number of anilines is 1. The zero-order valence-electron chi connectivity index (χ0n) is 17.1. The van der Waals surface area contributed by atoms with Crippen molar-refractivity contribution in [1.29, 1.82) is 0 Å². The highest BCUT2D eigenvalue weighted by Gasteiger charge is 2.25. The number of aryl methyl sites for hydroxylation is 1. The van der Waals surface area contributed by atoms with E-state index in [4.69, 9.17) is 14.5 Å².